The molecule has 0 fully saturated rings. The summed E-state index contributed by atoms with van der Waals surface area (Å²) in [6, 6.07) is 16.6. The number of nitrogens with zero attached hydrogens (tertiary/aromatic N) is 1. The van der Waals surface area contributed by atoms with E-state index in [1.165, 1.54) is 11.3 Å². The summed E-state index contributed by atoms with van der Waals surface area (Å²) < 4.78 is 0. The lowest BCUT2D eigenvalue weighted by molar-refractivity contribution is 0.617. The van der Waals surface area contributed by atoms with E-state index in [9.17, 15) is 0 Å². The molecule has 0 aliphatic rings. The van der Waals surface area contributed by atoms with Gasteiger partial charge in [-0.05, 0) is 36.5 Å². The lowest BCUT2D eigenvalue weighted by Gasteiger charge is -2.09. The standard InChI is InChI=1S/C17H19N/c1-2-15(14-17-10-6-7-13-18-17)11-12-16-8-4-3-5-9-16/h3-13,15H,2,14H2,1H3/b12-11+. The molecule has 1 nitrogen and oxygen atoms in total. The van der Waals surface area contributed by atoms with Crippen LogP contribution in [-0.4, -0.2) is 4.98 Å². The predicted octanol–water partition coefficient (Wildman–Crippen LogP) is 4.36. The quantitative estimate of drug-likeness (QED) is 0.752. The minimum absolute atomic E-state index is 0.556. The Bertz CT molecular complexity index is 473. The van der Waals surface area contributed by atoms with Crippen molar-refractivity contribution in [3.05, 3.63) is 72.1 Å². The van der Waals surface area contributed by atoms with Crippen LogP contribution in [0.5, 0.6) is 0 Å². The molecular weight excluding hydrogens is 218 g/mol. The summed E-state index contributed by atoms with van der Waals surface area (Å²) in [5.41, 5.74) is 2.43. The van der Waals surface area contributed by atoms with Gasteiger partial charge in [0.1, 0.15) is 0 Å². The molecule has 92 valence electrons. The number of allylic oxidation sites excluding steroid dienone is 1. The molecule has 0 amide bonds. The van der Waals surface area contributed by atoms with Gasteiger partial charge in [-0.3, -0.25) is 4.98 Å². The van der Waals surface area contributed by atoms with Gasteiger partial charge in [-0.25, -0.2) is 0 Å². The molecule has 0 spiro atoms. The van der Waals surface area contributed by atoms with E-state index in [1.807, 2.05) is 18.3 Å². The Morgan fingerprint density at radius 1 is 1.06 bits per heavy atom. The third-order valence-electron chi connectivity index (χ3n) is 3.08. The van der Waals surface area contributed by atoms with Gasteiger partial charge in [-0.2, -0.15) is 0 Å². The molecule has 2 rings (SSSR count). The van der Waals surface area contributed by atoms with Gasteiger partial charge < -0.3 is 0 Å². The van der Waals surface area contributed by atoms with Crippen molar-refractivity contribution in [3.63, 3.8) is 0 Å². The first-order valence-corrected chi connectivity index (χ1v) is 6.51. The second-order valence-corrected chi connectivity index (χ2v) is 4.46. The smallest absolute Gasteiger partial charge is 0.0409 e. The Morgan fingerprint density at radius 2 is 1.83 bits per heavy atom. The maximum atomic E-state index is 4.39. The molecule has 0 saturated carbocycles. The van der Waals surface area contributed by atoms with Crippen molar-refractivity contribution >= 4 is 6.08 Å². The summed E-state index contributed by atoms with van der Waals surface area (Å²) >= 11 is 0. The monoisotopic (exact) mass is 237 g/mol. The van der Waals surface area contributed by atoms with E-state index in [0.29, 0.717) is 5.92 Å². The summed E-state index contributed by atoms with van der Waals surface area (Å²) in [7, 11) is 0. The molecule has 2 aromatic rings. The zero-order valence-electron chi connectivity index (χ0n) is 10.8. The highest BCUT2D eigenvalue weighted by Gasteiger charge is 2.03. The van der Waals surface area contributed by atoms with E-state index in [4.69, 9.17) is 0 Å². The highest BCUT2D eigenvalue weighted by Crippen LogP contribution is 2.14. The van der Waals surface area contributed by atoms with E-state index < -0.39 is 0 Å². The van der Waals surface area contributed by atoms with Crippen molar-refractivity contribution < 1.29 is 0 Å². The van der Waals surface area contributed by atoms with Crippen molar-refractivity contribution in [2.24, 2.45) is 5.92 Å². The zero-order chi connectivity index (χ0) is 12.6. The second-order valence-electron chi connectivity index (χ2n) is 4.46. The van der Waals surface area contributed by atoms with Gasteiger partial charge in [-0.1, -0.05) is 55.5 Å². The zero-order valence-corrected chi connectivity index (χ0v) is 10.8. The maximum absolute atomic E-state index is 4.39. The van der Waals surface area contributed by atoms with Gasteiger partial charge in [0.2, 0.25) is 0 Å². The average Bonchev–Trinajstić information content (AvgIpc) is 2.45. The topological polar surface area (TPSA) is 12.9 Å². The van der Waals surface area contributed by atoms with E-state index in [-0.39, 0.29) is 0 Å². The van der Waals surface area contributed by atoms with Gasteiger partial charge in [0, 0.05) is 11.9 Å². The Labute approximate surface area is 109 Å². The first-order chi connectivity index (χ1) is 8.88. The Kier molecular flexibility index (Phi) is 4.71. The van der Waals surface area contributed by atoms with Crippen molar-refractivity contribution in [2.75, 3.05) is 0 Å². The van der Waals surface area contributed by atoms with Crippen molar-refractivity contribution in [1.82, 2.24) is 4.98 Å². The molecule has 0 bridgehead atoms. The normalized spacial score (nSPS) is 12.7. The Morgan fingerprint density at radius 3 is 2.50 bits per heavy atom. The van der Waals surface area contributed by atoms with Gasteiger partial charge in [0.15, 0.2) is 0 Å². The highest BCUT2D eigenvalue weighted by atomic mass is 14.7. The number of aromatic nitrogens is 1. The molecule has 1 heterocycles. The molecule has 1 aromatic carbocycles. The van der Waals surface area contributed by atoms with Crippen LogP contribution in [0.3, 0.4) is 0 Å². The minimum atomic E-state index is 0.556. The van der Waals surface area contributed by atoms with Crippen LogP contribution in [-0.2, 0) is 6.42 Å². The molecular formula is C17H19N. The van der Waals surface area contributed by atoms with Crippen LogP contribution in [0, 0.1) is 5.92 Å². The molecule has 1 atom stereocenters. The second kappa shape index (κ2) is 6.75. The number of benzene rings is 1. The number of hydrogen-bond acceptors (Lipinski definition) is 1. The SMILES string of the molecule is CCC(/C=C/c1ccccc1)Cc1ccccn1. The summed E-state index contributed by atoms with van der Waals surface area (Å²) in [4.78, 5) is 4.39. The first kappa shape index (κ1) is 12.6. The van der Waals surface area contributed by atoms with E-state index in [2.05, 4.69) is 60.5 Å². The molecule has 18 heavy (non-hydrogen) atoms. The van der Waals surface area contributed by atoms with Crippen molar-refractivity contribution in [2.45, 2.75) is 19.8 Å². The van der Waals surface area contributed by atoms with Crippen LogP contribution < -0.4 is 0 Å². The predicted molar refractivity (Wildman–Crippen MR) is 77.2 cm³/mol. The van der Waals surface area contributed by atoms with Gasteiger partial charge in [0.25, 0.3) is 0 Å². The Hall–Kier alpha value is -1.89. The molecule has 0 radical (unpaired) electrons. The highest BCUT2D eigenvalue weighted by molar-refractivity contribution is 5.49. The Balaban J connectivity index is 2.00. The van der Waals surface area contributed by atoms with Crippen LogP contribution in [0.1, 0.15) is 24.6 Å². The van der Waals surface area contributed by atoms with Crippen LogP contribution in [0.15, 0.2) is 60.8 Å². The fourth-order valence-corrected chi connectivity index (χ4v) is 1.95. The van der Waals surface area contributed by atoms with Crippen molar-refractivity contribution in [1.29, 1.82) is 0 Å². The van der Waals surface area contributed by atoms with Gasteiger partial charge in [-0.15, -0.1) is 0 Å². The van der Waals surface area contributed by atoms with Crippen molar-refractivity contribution in [3.8, 4) is 0 Å². The number of pyridine rings is 1. The molecule has 0 saturated heterocycles. The summed E-state index contributed by atoms with van der Waals surface area (Å²) in [6.45, 7) is 2.23. The molecule has 0 aliphatic heterocycles. The van der Waals surface area contributed by atoms with E-state index in [0.717, 1.165) is 12.8 Å². The van der Waals surface area contributed by atoms with Crippen LogP contribution in [0.4, 0.5) is 0 Å². The fraction of sp³-hybridized carbons (Fsp3) is 0.235. The van der Waals surface area contributed by atoms with Crippen LogP contribution >= 0.6 is 0 Å². The third kappa shape index (κ3) is 3.85. The molecule has 0 aliphatic carbocycles. The molecule has 0 N–H and O–H groups in total. The van der Waals surface area contributed by atoms with Gasteiger partial charge >= 0.3 is 0 Å². The van der Waals surface area contributed by atoms with E-state index >= 15 is 0 Å². The lowest BCUT2D eigenvalue weighted by Crippen LogP contribution is -2.01. The van der Waals surface area contributed by atoms with E-state index in [1.54, 1.807) is 0 Å². The summed E-state index contributed by atoms with van der Waals surface area (Å²) in [6.07, 6.45) is 8.52. The lowest BCUT2D eigenvalue weighted by atomic mass is 9.98. The number of hydrogen-bond donors (Lipinski definition) is 0. The van der Waals surface area contributed by atoms with Crippen LogP contribution in [0.2, 0.25) is 0 Å². The molecule has 1 unspecified atom stereocenters. The third-order valence-corrected chi connectivity index (χ3v) is 3.08. The maximum Gasteiger partial charge on any atom is 0.0409 e. The average molecular weight is 237 g/mol. The van der Waals surface area contributed by atoms with Crippen LogP contribution in [0.25, 0.3) is 6.08 Å². The summed E-state index contributed by atoms with van der Waals surface area (Å²) in [5, 5.41) is 0. The summed E-state index contributed by atoms with van der Waals surface area (Å²) in [5.74, 6) is 0.556. The molecule has 1 aromatic heterocycles. The van der Waals surface area contributed by atoms with Gasteiger partial charge in [0.05, 0.1) is 0 Å². The number of rotatable bonds is 5. The fourth-order valence-electron chi connectivity index (χ4n) is 1.95. The first-order valence-electron chi connectivity index (χ1n) is 6.51. The minimum Gasteiger partial charge on any atom is -0.261 e. The largest absolute Gasteiger partial charge is 0.261 e. The molecule has 1 heteroatoms.